The lowest BCUT2D eigenvalue weighted by Gasteiger charge is -2.34. The third-order valence-corrected chi connectivity index (χ3v) is 5.96. The van der Waals surface area contributed by atoms with Crippen molar-refractivity contribution in [3.05, 3.63) is 0 Å². The third kappa shape index (κ3) is 3.89. The lowest BCUT2D eigenvalue weighted by atomic mass is 9.87. The quantitative estimate of drug-likeness (QED) is 0.830. The molecule has 2 aliphatic rings. The summed E-state index contributed by atoms with van der Waals surface area (Å²) in [5, 5.41) is 8.86. The highest BCUT2D eigenvalue weighted by molar-refractivity contribution is 7.89. The molecule has 9 heteroatoms. The van der Waals surface area contributed by atoms with Crippen LogP contribution in [0.15, 0.2) is 0 Å². The molecule has 0 aromatic carbocycles. The number of hydrogen-bond donors (Lipinski definition) is 1. The molecule has 122 valence electrons. The van der Waals surface area contributed by atoms with Crippen molar-refractivity contribution in [1.29, 1.82) is 0 Å². The van der Waals surface area contributed by atoms with E-state index < -0.39 is 39.7 Å². The molecular formula is C12H19F2NO5S. The van der Waals surface area contributed by atoms with E-state index in [-0.39, 0.29) is 32.5 Å². The molecule has 0 amide bonds. The Morgan fingerprint density at radius 1 is 1.38 bits per heavy atom. The van der Waals surface area contributed by atoms with Crippen molar-refractivity contribution in [2.75, 3.05) is 25.4 Å². The minimum absolute atomic E-state index is 0.00437. The fourth-order valence-corrected chi connectivity index (χ4v) is 4.60. The number of carboxylic acid groups (broad SMARTS) is 1. The normalized spacial score (nSPS) is 31.0. The maximum atomic E-state index is 13.8. The van der Waals surface area contributed by atoms with Gasteiger partial charge in [0.2, 0.25) is 10.0 Å². The fourth-order valence-electron chi connectivity index (χ4n) is 2.76. The molecule has 1 aliphatic heterocycles. The lowest BCUT2D eigenvalue weighted by Crippen LogP contribution is -2.50. The van der Waals surface area contributed by atoms with Crippen molar-refractivity contribution in [1.82, 2.24) is 4.31 Å². The molecule has 2 unspecified atom stereocenters. The Balaban J connectivity index is 2.05. The molecule has 1 N–H and O–H groups in total. The predicted octanol–water partition coefficient (Wildman–Crippen LogP) is 0.927. The number of morpholine rings is 1. The van der Waals surface area contributed by atoms with E-state index in [4.69, 9.17) is 9.84 Å². The molecule has 0 aromatic rings. The van der Waals surface area contributed by atoms with Gasteiger partial charge in [-0.15, -0.1) is 0 Å². The van der Waals surface area contributed by atoms with Gasteiger partial charge in [0.15, 0.2) is 6.10 Å². The molecule has 1 heterocycles. The standard InChI is InChI=1S/C12H19F2NO5S/c13-12(14)4-2-1-3-9(12)8-21(18,19)15-5-6-20-10(7-15)11(16)17/h9-10H,1-8H2,(H,16,17). The van der Waals surface area contributed by atoms with Crippen LogP contribution in [-0.2, 0) is 19.6 Å². The minimum atomic E-state index is -3.91. The first kappa shape index (κ1) is 16.6. The number of hydrogen-bond acceptors (Lipinski definition) is 4. The summed E-state index contributed by atoms with van der Waals surface area (Å²) < 4.78 is 57.9. The average molecular weight is 327 g/mol. The number of nitrogens with zero attached hydrogens (tertiary/aromatic N) is 1. The first-order chi connectivity index (χ1) is 9.72. The summed E-state index contributed by atoms with van der Waals surface area (Å²) in [6, 6.07) is 0. The van der Waals surface area contributed by atoms with E-state index in [0.717, 1.165) is 4.31 Å². The highest BCUT2D eigenvalue weighted by Crippen LogP contribution is 2.39. The monoisotopic (exact) mass is 327 g/mol. The van der Waals surface area contributed by atoms with Gasteiger partial charge >= 0.3 is 5.97 Å². The third-order valence-electron chi connectivity index (χ3n) is 4.02. The molecule has 2 fully saturated rings. The molecule has 6 nitrogen and oxygen atoms in total. The molecule has 0 aromatic heterocycles. The Labute approximate surface area is 122 Å². The van der Waals surface area contributed by atoms with E-state index in [9.17, 15) is 22.0 Å². The van der Waals surface area contributed by atoms with Crippen LogP contribution < -0.4 is 0 Å². The van der Waals surface area contributed by atoms with Gasteiger partial charge in [-0.05, 0) is 12.8 Å². The van der Waals surface area contributed by atoms with Gasteiger partial charge in [-0.2, -0.15) is 4.31 Å². The number of rotatable bonds is 4. The molecule has 2 atom stereocenters. The van der Waals surface area contributed by atoms with Crippen LogP contribution in [0.1, 0.15) is 25.7 Å². The van der Waals surface area contributed by atoms with Crippen LogP contribution in [0.3, 0.4) is 0 Å². The Kier molecular flexibility index (Phi) is 4.84. The minimum Gasteiger partial charge on any atom is -0.479 e. The smallest absolute Gasteiger partial charge is 0.334 e. The van der Waals surface area contributed by atoms with E-state index in [1.807, 2.05) is 0 Å². The number of carbonyl (C=O) groups is 1. The second-order valence-corrected chi connectivity index (χ2v) is 7.55. The second-order valence-electron chi connectivity index (χ2n) is 5.54. The van der Waals surface area contributed by atoms with Crippen molar-refractivity contribution in [2.45, 2.75) is 37.7 Å². The summed E-state index contributed by atoms with van der Waals surface area (Å²) in [6.07, 6.45) is -0.341. The molecule has 1 saturated heterocycles. The van der Waals surface area contributed by atoms with Gasteiger partial charge in [0.25, 0.3) is 5.92 Å². The fraction of sp³-hybridized carbons (Fsp3) is 0.917. The highest BCUT2D eigenvalue weighted by Gasteiger charge is 2.45. The first-order valence-electron chi connectivity index (χ1n) is 6.92. The molecule has 1 saturated carbocycles. The van der Waals surface area contributed by atoms with E-state index in [1.165, 1.54) is 0 Å². The zero-order valence-electron chi connectivity index (χ0n) is 11.5. The summed E-state index contributed by atoms with van der Waals surface area (Å²) in [5.41, 5.74) is 0. The van der Waals surface area contributed by atoms with E-state index >= 15 is 0 Å². The van der Waals surface area contributed by atoms with Crippen molar-refractivity contribution < 1.29 is 31.8 Å². The summed E-state index contributed by atoms with van der Waals surface area (Å²) in [4.78, 5) is 10.9. The molecule has 1 aliphatic carbocycles. The zero-order chi connectivity index (χ0) is 15.7. The number of alkyl halides is 2. The van der Waals surface area contributed by atoms with Gasteiger partial charge in [-0.3, -0.25) is 0 Å². The van der Waals surface area contributed by atoms with Crippen LogP contribution in [0.2, 0.25) is 0 Å². The number of carboxylic acids is 1. The first-order valence-corrected chi connectivity index (χ1v) is 8.53. The molecule has 0 spiro atoms. The van der Waals surface area contributed by atoms with Crippen LogP contribution in [0.25, 0.3) is 0 Å². The predicted molar refractivity (Wildman–Crippen MR) is 69.6 cm³/mol. The molecular weight excluding hydrogens is 308 g/mol. The summed E-state index contributed by atoms with van der Waals surface area (Å²) >= 11 is 0. The molecule has 21 heavy (non-hydrogen) atoms. The van der Waals surface area contributed by atoms with Crippen LogP contribution in [0.4, 0.5) is 8.78 Å². The van der Waals surface area contributed by atoms with Crippen molar-refractivity contribution >= 4 is 16.0 Å². The summed E-state index contributed by atoms with van der Waals surface area (Å²) in [5.74, 6) is -6.05. The average Bonchev–Trinajstić information content (AvgIpc) is 2.41. The zero-order valence-corrected chi connectivity index (χ0v) is 12.3. The van der Waals surface area contributed by atoms with E-state index in [2.05, 4.69) is 0 Å². The van der Waals surface area contributed by atoms with Gasteiger partial charge in [-0.25, -0.2) is 22.0 Å². The van der Waals surface area contributed by atoms with Crippen LogP contribution in [-0.4, -0.2) is 61.3 Å². The summed E-state index contributed by atoms with van der Waals surface area (Å²) in [6.45, 7) is -0.363. The Morgan fingerprint density at radius 2 is 2.10 bits per heavy atom. The lowest BCUT2D eigenvalue weighted by molar-refractivity contribution is -0.153. The summed E-state index contributed by atoms with van der Waals surface area (Å²) in [7, 11) is -3.91. The van der Waals surface area contributed by atoms with Crippen LogP contribution in [0.5, 0.6) is 0 Å². The Morgan fingerprint density at radius 3 is 2.71 bits per heavy atom. The molecule has 0 radical (unpaired) electrons. The van der Waals surface area contributed by atoms with Gasteiger partial charge in [-0.1, -0.05) is 6.42 Å². The van der Waals surface area contributed by atoms with Crippen LogP contribution in [0, 0.1) is 5.92 Å². The van der Waals surface area contributed by atoms with Gasteiger partial charge in [0.05, 0.1) is 18.9 Å². The number of halogens is 2. The van der Waals surface area contributed by atoms with E-state index in [0.29, 0.717) is 12.8 Å². The van der Waals surface area contributed by atoms with Crippen LogP contribution >= 0.6 is 0 Å². The number of sulfonamides is 1. The van der Waals surface area contributed by atoms with E-state index in [1.54, 1.807) is 0 Å². The van der Waals surface area contributed by atoms with Crippen molar-refractivity contribution in [3.63, 3.8) is 0 Å². The maximum Gasteiger partial charge on any atom is 0.334 e. The second kappa shape index (κ2) is 6.13. The SMILES string of the molecule is O=C(O)C1CN(S(=O)(=O)CC2CCCCC2(F)F)CCO1. The van der Waals surface area contributed by atoms with Gasteiger partial charge < -0.3 is 9.84 Å². The largest absolute Gasteiger partial charge is 0.479 e. The van der Waals surface area contributed by atoms with Crippen molar-refractivity contribution in [3.8, 4) is 0 Å². The highest BCUT2D eigenvalue weighted by atomic mass is 32.2. The molecule has 2 rings (SSSR count). The Hall–Kier alpha value is -0.800. The number of aliphatic carboxylic acids is 1. The van der Waals surface area contributed by atoms with Crippen molar-refractivity contribution in [2.24, 2.45) is 5.92 Å². The van der Waals surface area contributed by atoms with Gasteiger partial charge in [0.1, 0.15) is 0 Å². The molecule has 0 bridgehead atoms. The Bertz CT molecular complexity index is 496. The number of ether oxygens (including phenoxy) is 1. The topological polar surface area (TPSA) is 83.9 Å². The maximum absolute atomic E-state index is 13.8. The van der Waals surface area contributed by atoms with Gasteiger partial charge in [0, 0.05) is 18.9 Å².